The van der Waals surface area contributed by atoms with Gasteiger partial charge in [-0.3, -0.25) is 14.2 Å². The summed E-state index contributed by atoms with van der Waals surface area (Å²) < 4.78 is 17.2. The number of carbonyl (C=O) groups excluding carboxylic acids is 2. The number of ether oxygens (including phenoxy) is 3. The fourth-order valence-corrected chi connectivity index (χ4v) is 3.53. The predicted molar refractivity (Wildman–Crippen MR) is 108 cm³/mol. The lowest BCUT2D eigenvalue weighted by Gasteiger charge is -2.10. The van der Waals surface area contributed by atoms with Gasteiger partial charge in [0.05, 0.1) is 36.2 Å². The van der Waals surface area contributed by atoms with E-state index in [1.54, 1.807) is 28.8 Å². The first-order valence-electron chi connectivity index (χ1n) is 9.47. The lowest BCUT2D eigenvalue weighted by molar-refractivity contribution is 0.0474. The van der Waals surface area contributed by atoms with Gasteiger partial charge in [0.25, 0.3) is 5.56 Å². The zero-order chi connectivity index (χ0) is 21.3. The van der Waals surface area contributed by atoms with Gasteiger partial charge in [-0.25, -0.2) is 9.78 Å². The highest BCUT2D eigenvalue weighted by atomic mass is 16.5. The van der Waals surface area contributed by atoms with Crippen LogP contribution >= 0.6 is 0 Å². The van der Waals surface area contributed by atoms with Crippen LogP contribution in [0.2, 0.25) is 0 Å². The number of aryl methyl sites for hydroxylation is 1. The summed E-state index contributed by atoms with van der Waals surface area (Å²) in [6.45, 7) is 0.220. The molecule has 8 heteroatoms. The average Bonchev–Trinajstić information content (AvgIpc) is 3.25. The number of carbonyl (C=O) groups is 2. The molecule has 0 N–H and O–H groups in total. The predicted octanol–water partition coefficient (Wildman–Crippen LogP) is 2.40. The van der Waals surface area contributed by atoms with Crippen LogP contribution in [0, 0.1) is 0 Å². The summed E-state index contributed by atoms with van der Waals surface area (Å²) in [5, 5.41) is 0.455. The summed E-state index contributed by atoms with van der Waals surface area (Å²) in [4.78, 5) is 42.0. The Bertz CT molecular complexity index is 1210. The topological polar surface area (TPSA) is 96.7 Å². The fourth-order valence-electron chi connectivity index (χ4n) is 3.53. The van der Waals surface area contributed by atoms with E-state index in [-0.39, 0.29) is 16.7 Å². The van der Waals surface area contributed by atoms with E-state index in [2.05, 4.69) is 4.98 Å². The molecule has 0 amide bonds. The van der Waals surface area contributed by atoms with Crippen molar-refractivity contribution in [1.82, 2.24) is 9.55 Å². The van der Waals surface area contributed by atoms with Gasteiger partial charge in [-0.15, -0.1) is 0 Å². The number of fused-ring (bicyclic) bond motifs is 2. The first kappa shape index (κ1) is 19.6. The molecule has 2 heterocycles. The van der Waals surface area contributed by atoms with Gasteiger partial charge in [0.1, 0.15) is 17.3 Å². The van der Waals surface area contributed by atoms with E-state index < -0.39 is 18.4 Å². The molecule has 0 saturated heterocycles. The molecule has 0 saturated carbocycles. The molecule has 0 radical (unpaired) electrons. The molecule has 1 aromatic heterocycles. The normalized spacial score (nSPS) is 12.5. The Morgan fingerprint density at radius 1 is 1.10 bits per heavy atom. The molecule has 0 fully saturated rings. The van der Waals surface area contributed by atoms with Crippen molar-refractivity contribution in [2.75, 3.05) is 20.8 Å². The third-order valence-electron chi connectivity index (χ3n) is 5.10. The minimum absolute atomic E-state index is 0.103. The van der Waals surface area contributed by atoms with E-state index in [0.29, 0.717) is 28.9 Å². The molecule has 0 aliphatic carbocycles. The molecular formula is C22H20N2O6. The Morgan fingerprint density at radius 2 is 1.93 bits per heavy atom. The minimum atomic E-state index is -0.667. The van der Waals surface area contributed by atoms with Gasteiger partial charge < -0.3 is 14.2 Å². The number of nitrogens with zero attached hydrogens (tertiary/aromatic N) is 2. The Hall–Kier alpha value is -3.68. The molecule has 4 rings (SSSR count). The molecule has 30 heavy (non-hydrogen) atoms. The number of Topliss-reactive ketones (excluding diaryl/α,β-unsaturated/α-hetero) is 1. The van der Waals surface area contributed by atoms with Gasteiger partial charge in [0.15, 0.2) is 6.61 Å². The van der Waals surface area contributed by atoms with Gasteiger partial charge in [-0.2, -0.15) is 0 Å². The van der Waals surface area contributed by atoms with E-state index in [1.807, 2.05) is 0 Å². The van der Waals surface area contributed by atoms with E-state index in [9.17, 15) is 14.4 Å². The molecular weight excluding hydrogens is 388 g/mol. The molecule has 0 unspecified atom stereocenters. The molecule has 8 nitrogen and oxygen atoms in total. The van der Waals surface area contributed by atoms with Crippen LogP contribution in [0.1, 0.15) is 33.0 Å². The number of ketones is 1. The third-order valence-corrected chi connectivity index (χ3v) is 5.10. The summed E-state index contributed by atoms with van der Waals surface area (Å²) in [5.74, 6) is 0.531. The number of rotatable bonds is 6. The first-order chi connectivity index (χ1) is 14.5. The molecule has 3 aromatic rings. The SMILES string of the molecule is COc1ccc(C(=O)COC(=O)c2ccc3c(=O)n4c(nc3c2)CCC4)c(OC)c1. The van der Waals surface area contributed by atoms with Gasteiger partial charge in [-0.05, 0) is 36.8 Å². The summed E-state index contributed by atoms with van der Waals surface area (Å²) in [7, 11) is 2.96. The van der Waals surface area contributed by atoms with E-state index in [1.165, 1.54) is 26.4 Å². The Morgan fingerprint density at radius 3 is 2.70 bits per heavy atom. The van der Waals surface area contributed by atoms with Crippen LogP contribution in [0.25, 0.3) is 10.9 Å². The van der Waals surface area contributed by atoms with Crippen LogP contribution in [0.3, 0.4) is 0 Å². The van der Waals surface area contributed by atoms with Crippen LogP contribution in [-0.2, 0) is 17.7 Å². The maximum absolute atomic E-state index is 12.5. The van der Waals surface area contributed by atoms with Crippen molar-refractivity contribution in [2.45, 2.75) is 19.4 Å². The van der Waals surface area contributed by atoms with E-state index in [4.69, 9.17) is 14.2 Å². The minimum Gasteiger partial charge on any atom is -0.497 e. The molecule has 2 aromatic carbocycles. The summed E-state index contributed by atoms with van der Waals surface area (Å²) in [6.07, 6.45) is 1.61. The maximum atomic E-state index is 12.5. The third kappa shape index (κ3) is 3.52. The highest BCUT2D eigenvalue weighted by Crippen LogP contribution is 2.25. The zero-order valence-electron chi connectivity index (χ0n) is 16.6. The smallest absolute Gasteiger partial charge is 0.338 e. The number of aromatic nitrogens is 2. The Labute approximate surface area is 172 Å². The van der Waals surface area contributed by atoms with Gasteiger partial charge in [0.2, 0.25) is 5.78 Å². The van der Waals surface area contributed by atoms with Crippen molar-refractivity contribution >= 4 is 22.7 Å². The zero-order valence-corrected chi connectivity index (χ0v) is 16.6. The van der Waals surface area contributed by atoms with E-state index >= 15 is 0 Å². The maximum Gasteiger partial charge on any atom is 0.338 e. The van der Waals surface area contributed by atoms with Gasteiger partial charge in [-0.1, -0.05) is 0 Å². The van der Waals surface area contributed by atoms with Crippen LogP contribution < -0.4 is 15.0 Å². The number of hydrogen-bond acceptors (Lipinski definition) is 7. The Balaban J connectivity index is 1.52. The van der Waals surface area contributed by atoms with Crippen LogP contribution in [0.5, 0.6) is 11.5 Å². The standard InChI is InChI=1S/C22H20N2O6/c1-28-14-6-8-16(19(11-14)29-2)18(25)12-30-22(27)13-5-7-15-17(10-13)23-20-4-3-9-24(20)21(15)26/h5-8,10-11H,3-4,9,12H2,1-2H3. The van der Waals surface area contributed by atoms with Crippen molar-refractivity contribution in [2.24, 2.45) is 0 Å². The first-order valence-corrected chi connectivity index (χ1v) is 9.47. The highest BCUT2D eigenvalue weighted by Gasteiger charge is 2.19. The quantitative estimate of drug-likeness (QED) is 0.456. The Kier molecular flexibility index (Phi) is 5.22. The van der Waals surface area contributed by atoms with Crippen LogP contribution in [0.4, 0.5) is 0 Å². The van der Waals surface area contributed by atoms with Crippen LogP contribution in [-0.4, -0.2) is 42.1 Å². The molecule has 0 spiro atoms. The summed E-state index contributed by atoms with van der Waals surface area (Å²) in [5.41, 5.74) is 0.863. The average molecular weight is 408 g/mol. The molecule has 0 bridgehead atoms. The fraction of sp³-hybridized carbons (Fsp3) is 0.273. The number of hydrogen-bond donors (Lipinski definition) is 0. The van der Waals surface area contributed by atoms with E-state index in [0.717, 1.165) is 18.7 Å². The molecule has 154 valence electrons. The van der Waals surface area contributed by atoms with Crippen molar-refractivity contribution in [1.29, 1.82) is 0 Å². The second-order valence-corrected chi connectivity index (χ2v) is 6.89. The van der Waals surface area contributed by atoms with Crippen LogP contribution in [0.15, 0.2) is 41.2 Å². The lowest BCUT2D eigenvalue weighted by atomic mass is 10.1. The van der Waals surface area contributed by atoms with Crippen molar-refractivity contribution in [3.05, 3.63) is 63.7 Å². The lowest BCUT2D eigenvalue weighted by Crippen LogP contribution is -2.21. The number of benzene rings is 2. The number of methoxy groups -OCH3 is 2. The monoisotopic (exact) mass is 408 g/mol. The van der Waals surface area contributed by atoms with Crippen molar-refractivity contribution in [3.63, 3.8) is 0 Å². The summed E-state index contributed by atoms with van der Waals surface area (Å²) in [6, 6.07) is 9.37. The second-order valence-electron chi connectivity index (χ2n) is 6.89. The summed E-state index contributed by atoms with van der Waals surface area (Å²) >= 11 is 0. The van der Waals surface area contributed by atoms with Gasteiger partial charge in [0, 0.05) is 19.0 Å². The van der Waals surface area contributed by atoms with Crippen molar-refractivity contribution in [3.8, 4) is 11.5 Å². The largest absolute Gasteiger partial charge is 0.497 e. The molecule has 1 aliphatic heterocycles. The van der Waals surface area contributed by atoms with Crippen molar-refractivity contribution < 1.29 is 23.8 Å². The highest BCUT2D eigenvalue weighted by molar-refractivity contribution is 6.02. The molecule has 0 atom stereocenters. The number of esters is 1. The second kappa shape index (κ2) is 7.98. The molecule has 1 aliphatic rings. The van der Waals surface area contributed by atoms with Gasteiger partial charge >= 0.3 is 5.97 Å².